The Morgan fingerprint density at radius 1 is 1.47 bits per heavy atom. The van der Waals surface area contributed by atoms with E-state index in [2.05, 4.69) is 10.5 Å². The lowest BCUT2D eigenvalue weighted by Gasteiger charge is -2.03. The first-order chi connectivity index (χ1) is 8.15. The van der Waals surface area contributed by atoms with Gasteiger partial charge in [-0.3, -0.25) is 4.79 Å². The molecular formula is C12H12N2O3. The van der Waals surface area contributed by atoms with Gasteiger partial charge >= 0.3 is 0 Å². The third-order valence-electron chi connectivity index (χ3n) is 2.22. The molecule has 0 aliphatic rings. The van der Waals surface area contributed by atoms with Gasteiger partial charge in [-0.15, -0.1) is 0 Å². The van der Waals surface area contributed by atoms with E-state index in [1.807, 2.05) is 6.07 Å². The quantitative estimate of drug-likeness (QED) is 0.843. The van der Waals surface area contributed by atoms with Crippen molar-refractivity contribution in [1.29, 1.82) is 0 Å². The summed E-state index contributed by atoms with van der Waals surface area (Å²) in [4.78, 5) is 11.6. The molecule has 0 aliphatic heterocycles. The van der Waals surface area contributed by atoms with E-state index in [9.17, 15) is 9.90 Å². The first-order valence-electron chi connectivity index (χ1n) is 5.14. The molecule has 2 rings (SSSR count). The summed E-state index contributed by atoms with van der Waals surface area (Å²) >= 11 is 0. The number of hydrogen-bond acceptors (Lipinski definition) is 4. The number of nitrogens with one attached hydrogen (secondary N) is 1. The van der Waals surface area contributed by atoms with E-state index in [1.165, 1.54) is 0 Å². The molecule has 5 nitrogen and oxygen atoms in total. The van der Waals surface area contributed by atoms with Crippen molar-refractivity contribution in [3.05, 3.63) is 47.3 Å². The van der Waals surface area contributed by atoms with Crippen molar-refractivity contribution in [3.63, 3.8) is 0 Å². The summed E-state index contributed by atoms with van der Waals surface area (Å²) in [6, 6.07) is 8.27. The van der Waals surface area contributed by atoms with Crippen molar-refractivity contribution >= 4 is 5.91 Å². The highest BCUT2D eigenvalue weighted by Crippen LogP contribution is 2.10. The predicted octanol–water partition coefficient (Wildman–Crippen LogP) is 1.62. The van der Waals surface area contributed by atoms with Crippen molar-refractivity contribution in [2.24, 2.45) is 0 Å². The fourth-order valence-electron chi connectivity index (χ4n) is 1.41. The minimum Gasteiger partial charge on any atom is -0.508 e. The Morgan fingerprint density at radius 2 is 2.29 bits per heavy atom. The van der Waals surface area contributed by atoms with Crippen LogP contribution in [0, 0.1) is 6.92 Å². The van der Waals surface area contributed by atoms with Gasteiger partial charge in [0, 0.05) is 12.6 Å². The van der Waals surface area contributed by atoms with E-state index < -0.39 is 0 Å². The largest absolute Gasteiger partial charge is 0.508 e. The lowest BCUT2D eigenvalue weighted by atomic mass is 10.2. The van der Waals surface area contributed by atoms with Gasteiger partial charge in [0.05, 0.1) is 0 Å². The molecule has 0 spiro atoms. The molecule has 17 heavy (non-hydrogen) atoms. The topological polar surface area (TPSA) is 75.4 Å². The first kappa shape index (κ1) is 11.2. The van der Waals surface area contributed by atoms with Crippen LogP contribution in [0.4, 0.5) is 0 Å². The van der Waals surface area contributed by atoms with Crippen molar-refractivity contribution in [2.45, 2.75) is 13.5 Å². The standard InChI is InChI=1S/C12H12N2O3/c1-8-5-11(14-17-8)12(16)13-7-9-3-2-4-10(15)6-9/h2-6,15H,7H2,1H3,(H,13,16). The number of carbonyl (C=O) groups excluding carboxylic acids is 1. The van der Waals surface area contributed by atoms with Crippen LogP contribution in [0.5, 0.6) is 5.75 Å². The number of nitrogens with zero attached hydrogens (tertiary/aromatic N) is 1. The Morgan fingerprint density at radius 3 is 2.94 bits per heavy atom. The number of aromatic nitrogens is 1. The maximum atomic E-state index is 11.6. The fourth-order valence-corrected chi connectivity index (χ4v) is 1.41. The molecule has 0 saturated carbocycles. The SMILES string of the molecule is Cc1cc(C(=O)NCc2cccc(O)c2)no1. The van der Waals surface area contributed by atoms with Gasteiger partial charge in [0.1, 0.15) is 11.5 Å². The summed E-state index contributed by atoms with van der Waals surface area (Å²) in [5, 5.41) is 15.6. The zero-order chi connectivity index (χ0) is 12.3. The molecular weight excluding hydrogens is 220 g/mol. The highest BCUT2D eigenvalue weighted by molar-refractivity contribution is 5.92. The van der Waals surface area contributed by atoms with Gasteiger partial charge in [-0.05, 0) is 24.6 Å². The number of aryl methyl sites for hydroxylation is 1. The Hall–Kier alpha value is -2.30. The van der Waals surface area contributed by atoms with E-state index in [0.717, 1.165) is 5.56 Å². The molecule has 1 aromatic heterocycles. The van der Waals surface area contributed by atoms with Crippen LogP contribution < -0.4 is 5.32 Å². The third kappa shape index (κ3) is 2.84. The molecule has 2 N–H and O–H groups in total. The number of aromatic hydroxyl groups is 1. The molecule has 0 bridgehead atoms. The molecule has 5 heteroatoms. The molecule has 88 valence electrons. The number of carbonyl (C=O) groups is 1. The Balaban J connectivity index is 1.97. The summed E-state index contributed by atoms with van der Waals surface area (Å²) in [6.45, 7) is 2.05. The smallest absolute Gasteiger partial charge is 0.273 e. The predicted molar refractivity (Wildman–Crippen MR) is 60.5 cm³/mol. The molecule has 0 aliphatic carbocycles. The number of rotatable bonds is 3. The van der Waals surface area contributed by atoms with Crippen LogP contribution in [0.2, 0.25) is 0 Å². The van der Waals surface area contributed by atoms with Gasteiger partial charge in [0.15, 0.2) is 5.69 Å². The minimum atomic E-state index is -0.301. The molecule has 0 unspecified atom stereocenters. The highest BCUT2D eigenvalue weighted by atomic mass is 16.5. The van der Waals surface area contributed by atoms with Gasteiger partial charge in [0.2, 0.25) is 0 Å². The molecule has 0 atom stereocenters. The van der Waals surface area contributed by atoms with Crippen molar-refractivity contribution < 1.29 is 14.4 Å². The summed E-state index contributed by atoms with van der Waals surface area (Å²) < 4.78 is 4.81. The third-order valence-corrected chi connectivity index (χ3v) is 2.22. The van der Waals surface area contributed by atoms with Crippen LogP contribution in [-0.4, -0.2) is 16.2 Å². The Labute approximate surface area is 98.1 Å². The zero-order valence-electron chi connectivity index (χ0n) is 9.30. The van der Waals surface area contributed by atoms with Gasteiger partial charge in [-0.1, -0.05) is 17.3 Å². The molecule has 1 aromatic carbocycles. The number of phenols is 1. The average molecular weight is 232 g/mol. The lowest BCUT2D eigenvalue weighted by Crippen LogP contribution is -2.22. The second-order valence-corrected chi connectivity index (χ2v) is 3.68. The van der Waals surface area contributed by atoms with Gasteiger partial charge in [-0.2, -0.15) is 0 Å². The zero-order valence-corrected chi connectivity index (χ0v) is 9.30. The first-order valence-corrected chi connectivity index (χ1v) is 5.14. The Kier molecular flexibility index (Phi) is 3.09. The molecule has 0 saturated heterocycles. The number of benzene rings is 1. The van der Waals surface area contributed by atoms with Crippen LogP contribution in [0.1, 0.15) is 21.8 Å². The van der Waals surface area contributed by atoms with Gasteiger partial charge < -0.3 is 14.9 Å². The maximum absolute atomic E-state index is 11.6. The van der Waals surface area contributed by atoms with E-state index in [4.69, 9.17) is 4.52 Å². The summed E-state index contributed by atoms with van der Waals surface area (Å²) in [6.07, 6.45) is 0. The molecule has 1 heterocycles. The van der Waals surface area contributed by atoms with Crippen LogP contribution in [0.15, 0.2) is 34.9 Å². The van der Waals surface area contributed by atoms with Gasteiger partial charge in [0.25, 0.3) is 5.91 Å². The molecule has 0 fully saturated rings. The van der Waals surface area contributed by atoms with Gasteiger partial charge in [-0.25, -0.2) is 0 Å². The normalized spacial score (nSPS) is 10.2. The second kappa shape index (κ2) is 4.69. The number of amides is 1. The van der Waals surface area contributed by atoms with Crippen LogP contribution in [0.3, 0.4) is 0 Å². The molecule has 1 amide bonds. The minimum absolute atomic E-state index is 0.175. The average Bonchev–Trinajstić information content (AvgIpc) is 2.73. The summed E-state index contributed by atoms with van der Waals surface area (Å²) in [5.41, 5.74) is 1.07. The lowest BCUT2D eigenvalue weighted by molar-refractivity contribution is 0.0941. The maximum Gasteiger partial charge on any atom is 0.273 e. The molecule has 0 radical (unpaired) electrons. The Bertz CT molecular complexity index is 534. The van der Waals surface area contributed by atoms with Crippen molar-refractivity contribution in [2.75, 3.05) is 0 Å². The van der Waals surface area contributed by atoms with E-state index >= 15 is 0 Å². The van der Waals surface area contributed by atoms with Crippen molar-refractivity contribution in [1.82, 2.24) is 10.5 Å². The monoisotopic (exact) mass is 232 g/mol. The molecule has 2 aromatic rings. The van der Waals surface area contributed by atoms with Crippen LogP contribution in [-0.2, 0) is 6.54 Å². The van der Waals surface area contributed by atoms with Crippen LogP contribution >= 0.6 is 0 Å². The van der Waals surface area contributed by atoms with Crippen molar-refractivity contribution in [3.8, 4) is 5.75 Å². The summed E-state index contributed by atoms with van der Waals surface area (Å²) in [5.74, 6) is 0.465. The van der Waals surface area contributed by atoms with E-state index in [0.29, 0.717) is 12.3 Å². The highest BCUT2D eigenvalue weighted by Gasteiger charge is 2.10. The summed E-state index contributed by atoms with van der Waals surface area (Å²) in [7, 11) is 0. The number of hydrogen-bond donors (Lipinski definition) is 2. The van der Waals surface area contributed by atoms with E-state index in [1.54, 1.807) is 31.2 Å². The van der Waals surface area contributed by atoms with Crippen LogP contribution in [0.25, 0.3) is 0 Å². The fraction of sp³-hybridized carbons (Fsp3) is 0.167. The number of phenolic OH excluding ortho intramolecular Hbond substituents is 1. The van der Waals surface area contributed by atoms with E-state index in [-0.39, 0.29) is 17.4 Å². The second-order valence-electron chi connectivity index (χ2n) is 3.68.